The van der Waals surface area contributed by atoms with Gasteiger partial charge < -0.3 is 10.5 Å². The van der Waals surface area contributed by atoms with Gasteiger partial charge in [0.05, 0.1) is 21.5 Å². The van der Waals surface area contributed by atoms with Crippen LogP contribution in [-0.4, -0.2) is 21.4 Å². The van der Waals surface area contributed by atoms with Gasteiger partial charge in [-0.05, 0) is 65.2 Å². The number of thioether (sulfide) groups is 1. The minimum atomic E-state index is -0.549. The second-order valence-corrected chi connectivity index (χ2v) is 10.8. The standard InChI is InChI=1S/C28H25N3O2S2/c1-17(2)26(29)28(32)35-27-20(14-18-8-4-3-5-9-18)15-21(30-31-27)19-12-13-23-25(16-19)34-24-11-7-6-10-22(24)33-23/h3-13,15-17,26H,14,29H2,1-2H3/t26-/m0/s1. The topological polar surface area (TPSA) is 78.1 Å². The Morgan fingerprint density at radius 1 is 0.943 bits per heavy atom. The summed E-state index contributed by atoms with van der Waals surface area (Å²) in [5.74, 6) is 1.75. The molecule has 0 saturated heterocycles. The Morgan fingerprint density at radius 2 is 1.69 bits per heavy atom. The van der Waals surface area contributed by atoms with Crippen molar-refractivity contribution >= 4 is 28.6 Å². The lowest BCUT2D eigenvalue weighted by atomic mass is 10.0. The van der Waals surface area contributed by atoms with E-state index in [1.807, 2.05) is 68.4 Å². The van der Waals surface area contributed by atoms with Crippen LogP contribution in [0.25, 0.3) is 11.3 Å². The highest BCUT2D eigenvalue weighted by Gasteiger charge is 2.22. The summed E-state index contributed by atoms with van der Waals surface area (Å²) >= 11 is 2.76. The fraction of sp³-hybridized carbons (Fsp3) is 0.179. The van der Waals surface area contributed by atoms with Crippen LogP contribution >= 0.6 is 23.5 Å². The Bertz CT molecular complexity index is 1380. The van der Waals surface area contributed by atoms with Gasteiger partial charge in [0.2, 0.25) is 5.12 Å². The molecule has 0 fully saturated rings. The van der Waals surface area contributed by atoms with E-state index in [1.54, 1.807) is 11.8 Å². The van der Waals surface area contributed by atoms with E-state index in [0.29, 0.717) is 11.4 Å². The van der Waals surface area contributed by atoms with E-state index in [2.05, 4.69) is 34.5 Å². The van der Waals surface area contributed by atoms with E-state index in [9.17, 15) is 4.79 Å². The predicted molar refractivity (Wildman–Crippen MR) is 141 cm³/mol. The summed E-state index contributed by atoms with van der Waals surface area (Å²) in [6.07, 6.45) is 0.645. The van der Waals surface area contributed by atoms with Gasteiger partial charge in [0.25, 0.3) is 0 Å². The lowest BCUT2D eigenvalue weighted by molar-refractivity contribution is -0.112. The first-order valence-electron chi connectivity index (χ1n) is 11.4. The summed E-state index contributed by atoms with van der Waals surface area (Å²) < 4.78 is 6.07. The molecule has 5 nitrogen and oxygen atoms in total. The van der Waals surface area contributed by atoms with Gasteiger partial charge in [-0.3, -0.25) is 4.79 Å². The SMILES string of the molecule is CC(C)[C@H](N)C(=O)Sc1nnc(-c2ccc3c(c2)Sc2ccccc2O3)cc1Cc1ccccc1. The Kier molecular flexibility index (Phi) is 6.90. The molecule has 0 unspecified atom stereocenters. The highest BCUT2D eigenvalue weighted by atomic mass is 32.2. The molecule has 2 N–H and O–H groups in total. The van der Waals surface area contributed by atoms with Crippen LogP contribution < -0.4 is 10.5 Å². The molecule has 5 rings (SSSR count). The molecule has 1 aliphatic heterocycles. The van der Waals surface area contributed by atoms with E-state index in [1.165, 1.54) is 0 Å². The number of rotatable bonds is 6. The van der Waals surface area contributed by atoms with Crippen LogP contribution in [0.4, 0.5) is 0 Å². The molecule has 0 spiro atoms. The first kappa shape index (κ1) is 23.6. The summed E-state index contributed by atoms with van der Waals surface area (Å²) in [4.78, 5) is 14.8. The Balaban J connectivity index is 1.48. The van der Waals surface area contributed by atoms with Crippen molar-refractivity contribution in [3.05, 3.63) is 90.0 Å². The maximum Gasteiger partial charge on any atom is 0.212 e. The van der Waals surface area contributed by atoms with Crippen LogP contribution in [0.15, 0.2) is 93.7 Å². The number of carbonyl (C=O) groups is 1. The van der Waals surface area contributed by atoms with E-state index in [0.717, 1.165) is 55.4 Å². The molecule has 0 aliphatic carbocycles. The van der Waals surface area contributed by atoms with Crippen molar-refractivity contribution in [2.45, 2.75) is 41.1 Å². The highest BCUT2D eigenvalue weighted by molar-refractivity contribution is 8.13. The number of fused-ring (bicyclic) bond motifs is 2. The minimum Gasteiger partial charge on any atom is -0.455 e. The monoisotopic (exact) mass is 499 g/mol. The van der Waals surface area contributed by atoms with Gasteiger partial charge in [-0.25, -0.2) is 0 Å². The predicted octanol–water partition coefficient (Wildman–Crippen LogP) is 6.59. The Morgan fingerprint density at radius 3 is 2.49 bits per heavy atom. The van der Waals surface area contributed by atoms with E-state index >= 15 is 0 Å². The van der Waals surface area contributed by atoms with Gasteiger partial charge in [0.1, 0.15) is 16.5 Å². The summed E-state index contributed by atoms with van der Waals surface area (Å²) in [5.41, 5.74) is 9.88. The number of benzene rings is 3. The van der Waals surface area contributed by atoms with Crippen LogP contribution in [0.3, 0.4) is 0 Å². The summed E-state index contributed by atoms with van der Waals surface area (Å²) in [7, 11) is 0. The van der Waals surface area contributed by atoms with Crippen LogP contribution in [0.2, 0.25) is 0 Å². The molecule has 2 heterocycles. The van der Waals surface area contributed by atoms with Crippen molar-refractivity contribution in [3.8, 4) is 22.8 Å². The molecular weight excluding hydrogens is 474 g/mol. The zero-order chi connectivity index (χ0) is 24.4. The third kappa shape index (κ3) is 5.27. The smallest absolute Gasteiger partial charge is 0.212 e. The van der Waals surface area contributed by atoms with Gasteiger partial charge in [-0.2, -0.15) is 0 Å². The highest BCUT2D eigenvalue weighted by Crippen LogP contribution is 2.47. The second kappa shape index (κ2) is 10.2. The average molecular weight is 500 g/mol. The fourth-order valence-electron chi connectivity index (χ4n) is 3.71. The molecule has 176 valence electrons. The van der Waals surface area contributed by atoms with Gasteiger partial charge in [-0.1, -0.05) is 68.1 Å². The van der Waals surface area contributed by atoms with Gasteiger partial charge in [0, 0.05) is 12.0 Å². The molecular formula is C28H25N3O2S2. The molecule has 1 aliphatic rings. The van der Waals surface area contributed by atoms with Gasteiger partial charge in [-0.15, -0.1) is 10.2 Å². The number of hydrogen-bond acceptors (Lipinski definition) is 7. The van der Waals surface area contributed by atoms with E-state index in [-0.39, 0.29) is 11.0 Å². The molecule has 35 heavy (non-hydrogen) atoms. The zero-order valence-electron chi connectivity index (χ0n) is 19.5. The summed E-state index contributed by atoms with van der Waals surface area (Å²) in [6, 6.07) is 25.7. The number of nitrogens with zero attached hydrogens (tertiary/aromatic N) is 2. The van der Waals surface area contributed by atoms with Crippen molar-refractivity contribution in [2.24, 2.45) is 11.7 Å². The maximum absolute atomic E-state index is 12.7. The molecule has 1 aromatic heterocycles. The number of ether oxygens (including phenoxy) is 1. The van der Waals surface area contributed by atoms with Gasteiger partial charge in [0.15, 0.2) is 0 Å². The Labute approximate surface area is 213 Å². The van der Waals surface area contributed by atoms with Crippen molar-refractivity contribution < 1.29 is 9.53 Å². The average Bonchev–Trinajstić information content (AvgIpc) is 2.88. The van der Waals surface area contributed by atoms with Crippen LogP contribution in [0.5, 0.6) is 11.5 Å². The molecule has 1 atom stereocenters. The largest absolute Gasteiger partial charge is 0.455 e. The van der Waals surface area contributed by atoms with Crippen LogP contribution in [0.1, 0.15) is 25.0 Å². The van der Waals surface area contributed by atoms with E-state index in [4.69, 9.17) is 10.5 Å². The summed E-state index contributed by atoms with van der Waals surface area (Å²) in [6.45, 7) is 3.89. The first-order valence-corrected chi connectivity index (χ1v) is 13.1. The molecule has 3 aromatic carbocycles. The fourth-order valence-corrected chi connectivity index (χ4v) is 5.64. The molecule has 0 saturated carbocycles. The third-order valence-electron chi connectivity index (χ3n) is 5.79. The lowest BCUT2D eigenvalue weighted by Gasteiger charge is -2.20. The number of aromatic nitrogens is 2. The lowest BCUT2D eigenvalue weighted by Crippen LogP contribution is -2.33. The minimum absolute atomic E-state index is 0.0557. The molecule has 0 bridgehead atoms. The number of hydrogen-bond donors (Lipinski definition) is 1. The van der Waals surface area contributed by atoms with Crippen LogP contribution in [-0.2, 0) is 11.2 Å². The number of carbonyl (C=O) groups excluding carboxylic acids is 1. The summed E-state index contributed by atoms with van der Waals surface area (Å²) in [5, 5.41) is 9.47. The van der Waals surface area contributed by atoms with Gasteiger partial charge >= 0.3 is 0 Å². The van der Waals surface area contributed by atoms with E-state index < -0.39 is 6.04 Å². The van der Waals surface area contributed by atoms with Crippen molar-refractivity contribution in [1.82, 2.24) is 10.2 Å². The van der Waals surface area contributed by atoms with Crippen LogP contribution in [0, 0.1) is 5.92 Å². The Hall–Kier alpha value is -3.13. The van der Waals surface area contributed by atoms with Crippen molar-refractivity contribution in [2.75, 3.05) is 0 Å². The zero-order valence-corrected chi connectivity index (χ0v) is 21.1. The molecule has 0 radical (unpaired) electrons. The third-order valence-corrected chi connectivity index (χ3v) is 7.89. The number of para-hydroxylation sites is 1. The molecule has 7 heteroatoms. The molecule has 4 aromatic rings. The quantitative estimate of drug-likeness (QED) is 0.264. The normalized spacial score (nSPS) is 13.0. The van der Waals surface area contributed by atoms with Crippen molar-refractivity contribution in [3.63, 3.8) is 0 Å². The number of nitrogens with two attached hydrogens (primary N) is 1. The first-order chi connectivity index (χ1) is 17.0. The molecule has 0 amide bonds. The maximum atomic E-state index is 12.7. The van der Waals surface area contributed by atoms with Crippen molar-refractivity contribution in [1.29, 1.82) is 0 Å². The second-order valence-electron chi connectivity index (χ2n) is 8.73.